The third-order valence-electron chi connectivity index (χ3n) is 4.68. The first-order valence-electron chi connectivity index (χ1n) is 8.93. The summed E-state index contributed by atoms with van der Waals surface area (Å²) in [6.07, 6.45) is 5.01. The topological polar surface area (TPSA) is 90.0 Å². The Labute approximate surface area is 152 Å². The van der Waals surface area contributed by atoms with Crippen LogP contribution in [0.3, 0.4) is 0 Å². The van der Waals surface area contributed by atoms with Crippen LogP contribution in [0.4, 0.5) is 0 Å². The van der Waals surface area contributed by atoms with Crippen LogP contribution in [0.15, 0.2) is 18.5 Å². The second-order valence-corrected chi connectivity index (χ2v) is 6.46. The molecule has 1 N–H and O–H groups in total. The first kappa shape index (κ1) is 18.8. The predicted molar refractivity (Wildman–Crippen MR) is 92.8 cm³/mol. The molecule has 0 unspecified atom stereocenters. The molecular weight excluding hydrogens is 338 g/mol. The third-order valence-corrected chi connectivity index (χ3v) is 4.68. The summed E-state index contributed by atoms with van der Waals surface area (Å²) in [4.78, 5) is 30.7. The van der Waals surface area contributed by atoms with E-state index in [-0.39, 0.29) is 11.8 Å². The van der Waals surface area contributed by atoms with Crippen molar-refractivity contribution in [3.8, 4) is 0 Å². The smallest absolute Gasteiger partial charge is 0.255 e. The third kappa shape index (κ3) is 4.38. The minimum absolute atomic E-state index is 0.126. The number of methoxy groups -OCH3 is 1. The number of likely N-dealkylation sites (tertiary alicyclic amines) is 1. The highest BCUT2D eigenvalue weighted by molar-refractivity contribution is 5.99. The molecule has 2 aliphatic heterocycles. The number of carbonyl (C=O) groups excluding carboxylic acids is 2. The summed E-state index contributed by atoms with van der Waals surface area (Å²) >= 11 is 0. The summed E-state index contributed by atoms with van der Waals surface area (Å²) < 4.78 is 16.3. The maximum absolute atomic E-state index is 12.7. The maximum Gasteiger partial charge on any atom is 0.255 e. The van der Waals surface area contributed by atoms with Gasteiger partial charge in [0.2, 0.25) is 0 Å². The van der Waals surface area contributed by atoms with Crippen LogP contribution in [0.5, 0.6) is 0 Å². The average Bonchev–Trinajstić information content (AvgIpc) is 3.13. The van der Waals surface area contributed by atoms with Crippen molar-refractivity contribution in [3.05, 3.63) is 29.6 Å². The van der Waals surface area contributed by atoms with Gasteiger partial charge >= 0.3 is 0 Å². The van der Waals surface area contributed by atoms with Crippen LogP contribution in [0.2, 0.25) is 0 Å². The van der Waals surface area contributed by atoms with Gasteiger partial charge in [0.05, 0.1) is 24.3 Å². The number of hydrogen-bond donors (Lipinski definition) is 1. The van der Waals surface area contributed by atoms with Crippen LogP contribution in [0.1, 0.15) is 40.0 Å². The van der Waals surface area contributed by atoms with Crippen molar-refractivity contribution < 1.29 is 23.8 Å². The molecule has 2 aliphatic rings. The summed E-state index contributed by atoms with van der Waals surface area (Å²) in [5.74, 6) is -0.883. The zero-order chi connectivity index (χ0) is 18.4. The Kier molecular flexibility index (Phi) is 6.18. The number of aromatic nitrogens is 1. The van der Waals surface area contributed by atoms with Gasteiger partial charge < -0.3 is 24.4 Å². The molecule has 8 nitrogen and oxygen atoms in total. The van der Waals surface area contributed by atoms with E-state index in [1.165, 1.54) is 12.4 Å². The largest absolute Gasteiger partial charge is 0.385 e. The summed E-state index contributed by atoms with van der Waals surface area (Å²) in [6.45, 7) is 3.44. The lowest BCUT2D eigenvalue weighted by atomic mass is 10.0. The molecule has 0 aromatic carbocycles. The van der Waals surface area contributed by atoms with E-state index < -0.39 is 5.79 Å². The fourth-order valence-corrected chi connectivity index (χ4v) is 3.22. The molecule has 8 heteroatoms. The normalized spacial score (nSPS) is 18.9. The Balaban J connectivity index is 1.57. The Bertz CT molecular complexity index is 635. The zero-order valence-corrected chi connectivity index (χ0v) is 15.0. The monoisotopic (exact) mass is 363 g/mol. The molecule has 3 rings (SSSR count). The van der Waals surface area contributed by atoms with Crippen LogP contribution >= 0.6 is 0 Å². The lowest BCUT2D eigenvalue weighted by Crippen LogP contribution is -2.47. The van der Waals surface area contributed by atoms with Crippen LogP contribution in [-0.2, 0) is 14.2 Å². The van der Waals surface area contributed by atoms with Crippen molar-refractivity contribution in [3.63, 3.8) is 0 Å². The highest BCUT2D eigenvalue weighted by atomic mass is 16.7. The number of piperidine rings is 1. The minimum atomic E-state index is -0.515. The summed E-state index contributed by atoms with van der Waals surface area (Å²) in [5.41, 5.74) is 0.794. The molecule has 0 aliphatic carbocycles. The molecule has 1 aromatic heterocycles. The Morgan fingerprint density at radius 1 is 1.23 bits per heavy atom. The number of rotatable bonds is 6. The van der Waals surface area contributed by atoms with Crippen molar-refractivity contribution >= 4 is 11.8 Å². The van der Waals surface area contributed by atoms with Crippen LogP contribution in [-0.4, -0.2) is 74.1 Å². The highest BCUT2D eigenvalue weighted by Gasteiger charge is 2.40. The predicted octanol–water partition coefficient (Wildman–Crippen LogP) is 0.827. The van der Waals surface area contributed by atoms with Gasteiger partial charge in [-0.25, -0.2) is 0 Å². The van der Waals surface area contributed by atoms with Crippen LogP contribution in [0, 0.1) is 0 Å². The minimum Gasteiger partial charge on any atom is -0.385 e. The molecule has 142 valence electrons. The molecule has 0 saturated carbocycles. The fraction of sp³-hybridized carbons (Fsp3) is 0.611. The quantitative estimate of drug-likeness (QED) is 0.753. The van der Waals surface area contributed by atoms with E-state index in [1.807, 2.05) is 0 Å². The molecule has 1 aromatic rings. The fourth-order valence-electron chi connectivity index (χ4n) is 3.22. The average molecular weight is 363 g/mol. The van der Waals surface area contributed by atoms with Gasteiger partial charge in [-0.2, -0.15) is 0 Å². The van der Waals surface area contributed by atoms with Gasteiger partial charge in [-0.15, -0.1) is 0 Å². The van der Waals surface area contributed by atoms with Gasteiger partial charge in [-0.1, -0.05) is 0 Å². The molecule has 2 amide bonds. The number of ether oxygens (including phenoxy) is 3. The van der Waals surface area contributed by atoms with Crippen molar-refractivity contribution in [2.24, 2.45) is 0 Å². The van der Waals surface area contributed by atoms with E-state index in [1.54, 1.807) is 18.1 Å². The van der Waals surface area contributed by atoms with Crippen molar-refractivity contribution in [1.82, 2.24) is 15.2 Å². The Morgan fingerprint density at radius 2 is 1.92 bits per heavy atom. The molecule has 2 fully saturated rings. The number of nitrogens with zero attached hydrogens (tertiary/aromatic N) is 2. The maximum atomic E-state index is 12.7. The van der Waals surface area contributed by atoms with E-state index in [9.17, 15) is 9.59 Å². The summed E-state index contributed by atoms with van der Waals surface area (Å²) in [5, 5.41) is 2.80. The first-order valence-corrected chi connectivity index (χ1v) is 8.93. The molecule has 0 atom stereocenters. The lowest BCUT2D eigenvalue weighted by molar-refractivity contribution is -0.181. The van der Waals surface area contributed by atoms with Crippen LogP contribution in [0.25, 0.3) is 0 Å². The number of pyridine rings is 1. The Morgan fingerprint density at radius 3 is 2.62 bits per heavy atom. The molecule has 0 bridgehead atoms. The van der Waals surface area contributed by atoms with Gasteiger partial charge in [0.1, 0.15) is 0 Å². The summed E-state index contributed by atoms with van der Waals surface area (Å²) in [7, 11) is 1.62. The lowest BCUT2D eigenvalue weighted by Gasteiger charge is -2.37. The van der Waals surface area contributed by atoms with E-state index in [4.69, 9.17) is 14.2 Å². The first-order chi connectivity index (χ1) is 12.6. The van der Waals surface area contributed by atoms with E-state index >= 15 is 0 Å². The van der Waals surface area contributed by atoms with E-state index in [2.05, 4.69) is 10.3 Å². The van der Waals surface area contributed by atoms with E-state index in [0.717, 1.165) is 6.42 Å². The van der Waals surface area contributed by atoms with Gasteiger partial charge in [-0.3, -0.25) is 14.6 Å². The van der Waals surface area contributed by atoms with E-state index in [0.29, 0.717) is 63.4 Å². The number of nitrogens with one attached hydrogen (secondary N) is 1. The van der Waals surface area contributed by atoms with Crippen LogP contribution < -0.4 is 5.32 Å². The van der Waals surface area contributed by atoms with Crippen molar-refractivity contribution in [1.29, 1.82) is 0 Å². The Hall–Kier alpha value is -2.03. The van der Waals surface area contributed by atoms with Crippen molar-refractivity contribution in [2.45, 2.75) is 25.0 Å². The SMILES string of the molecule is COCCCNC(=O)c1cncc(C(=O)N2CCC3(CC2)OCCO3)c1. The van der Waals surface area contributed by atoms with Gasteiger partial charge in [0.15, 0.2) is 5.79 Å². The molecule has 26 heavy (non-hydrogen) atoms. The molecule has 3 heterocycles. The van der Waals surface area contributed by atoms with Gasteiger partial charge in [0.25, 0.3) is 11.8 Å². The number of amides is 2. The molecule has 0 radical (unpaired) electrons. The second-order valence-electron chi connectivity index (χ2n) is 6.46. The second kappa shape index (κ2) is 8.57. The van der Waals surface area contributed by atoms with Gasteiger partial charge in [-0.05, 0) is 12.5 Å². The zero-order valence-electron chi connectivity index (χ0n) is 15.0. The number of carbonyl (C=O) groups is 2. The molecule has 2 saturated heterocycles. The number of hydrogen-bond acceptors (Lipinski definition) is 6. The molecule has 1 spiro atoms. The highest BCUT2D eigenvalue weighted by Crippen LogP contribution is 2.31. The summed E-state index contributed by atoms with van der Waals surface area (Å²) in [6, 6.07) is 1.59. The standard InChI is InChI=1S/C18H25N3O5/c1-24-8-2-5-20-16(22)14-11-15(13-19-12-14)17(23)21-6-3-18(4-7-21)25-9-10-26-18/h11-13H,2-10H2,1H3,(H,20,22). The van der Waals surface area contributed by atoms with Gasteiger partial charge in [0, 0.05) is 58.6 Å². The molecular formula is C18H25N3O5. The van der Waals surface area contributed by atoms with Crippen molar-refractivity contribution in [2.75, 3.05) is 46.6 Å².